The molecule has 0 aliphatic heterocycles. The first-order valence-electron chi connectivity index (χ1n) is 3.94. The first-order valence-corrected chi connectivity index (χ1v) is 5.53. The van der Waals surface area contributed by atoms with E-state index in [0.717, 1.165) is 0 Å². The molecule has 0 aliphatic carbocycles. The Kier molecular flexibility index (Phi) is 3.94. The number of rotatable bonds is 2. The first-order chi connectivity index (χ1) is 6.54. The van der Waals surface area contributed by atoms with Crippen molar-refractivity contribution in [1.29, 1.82) is 0 Å². The van der Waals surface area contributed by atoms with Crippen LogP contribution in [0, 0.1) is 6.92 Å². The van der Waals surface area contributed by atoms with E-state index in [2.05, 4.69) is 31.9 Å². The maximum Gasteiger partial charge on any atom is 0.126 e. The highest BCUT2D eigenvalue weighted by molar-refractivity contribution is 9.11. The first kappa shape index (κ1) is 12.0. The summed E-state index contributed by atoms with van der Waals surface area (Å²) in [7, 11) is 0. The molecule has 0 saturated heterocycles. The predicted molar refractivity (Wildman–Crippen MR) is 60.1 cm³/mol. The highest BCUT2D eigenvalue weighted by Gasteiger charge is 2.17. The lowest BCUT2D eigenvalue weighted by atomic mass is 10.1. The van der Waals surface area contributed by atoms with E-state index in [9.17, 15) is 5.11 Å². The Hall–Kier alpha value is -0.100. The highest BCUT2D eigenvalue weighted by Crippen LogP contribution is 2.39. The van der Waals surface area contributed by atoms with Crippen LogP contribution in [0.5, 0.6) is 5.75 Å². The minimum absolute atomic E-state index is 0.0449. The van der Waals surface area contributed by atoms with Crippen LogP contribution >= 0.6 is 31.9 Å². The summed E-state index contributed by atoms with van der Waals surface area (Å²) < 4.78 is 1.19. The van der Waals surface area contributed by atoms with Crippen LogP contribution < -0.4 is 0 Å². The number of phenols is 1. The lowest BCUT2D eigenvalue weighted by Crippen LogP contribution is -1.98. The minimum atomic E-state index is -0.270. The molecule has 1 rings (SSSR count). The third kappa shape index (κ3) is 1.82. The van der Waals surface area contributed by atoms with Gasteiger partial charge in [-0.3, -0.25) is 0 Å². The zero-order valence-electron chi connectivity index (χ0n) is 7.51. The Balaban J connectivity index is 3.56. The molecule has 0 aromatic heterocycles. The fourth-order valence-electron chi connectivity index (χ4n) is 1.22. The molecular weight excluding hydrogens is 316 g/mol. The third-order valence-electron chi connectivity index (χ3n) is 2.08. The van der Waals surface area contributed by atoms with Crippen LogP contribution in [-0.4, -0.2) is 15.3 Å². The summed E-state index contributed by atoms with van der Waals surface area (Å²) in [6.45, 7) is 1.28. The highest BCUT2D eigenvalue weighted by atomic mass is 79.9. The number of aliphatic hydroxyl groups is 2. The molecule has 0 radical (unpaired) electrons. The fraction of sp³-hybridized carbons (Fsp3) is 0.333. The molecule has 0 fully saturated rings. The second-order valence-corrected chi connectivity index (χ2v) is 4.46. The molecule has 5 heteroatoms. The molecule has 14 heavy (non-hydrogen) atoms. The fourth-order valence-corrected chi connectivity index (χ4v) is 2.64. The normalized spacial score (nSPS) is 10.6. The SMILES string of the molecule is Cc1c(O)c(CO)c(Br)c(CO)c1Br. The standard InChI is InChI=1S/C9H10Br2O3/c1-4-7(10)5(2-12)8(11)6(3-13)9(4)14/h12-14H,2-3H2,1H3. The van der Waals surface area contributed by atoms with Crippen LogP contribution in [0.15, 0.2) is 8.95 Å². The van der Waals surface area contributed by atoms with Crippen molar-refractivity contribution in [1.82, 2.24) is 0 Å². The summed E-state index contributed by atoms with van der Waals surface area (Å²) in [5.41, 5.74) is 1.64. The summed E-state index contributed by atoms with van der Waals surface area (Å²) in [5.74, 6) is 0.0449. The minimum Gasteiger partial charge on any atom is -0.507 e. The van der Waals surface area contributed by atoms with Gasteiger partial charge in [0.1, 0.15) is 5.75 Å². The molecule has 0 bridgehead atoms. The van der Waals surface area contributed by atoms with Gasteiger partial charge in [0.15, 0.2) is 0 Å². The summed E-state index contributed by atoms with van der Waals surface area (Å²) in [6.07, 6.45) is 0. The lowest BCUT2D eigenvalue weighted by molar-refractivity contribution is 0.268. The second kappa shape index (κ2) is 4.61. The van der Waals surface area contributed by atoms with Crippen LogP contribution in [-0.2, 0) is 13.2 Å². The van der Waals surface area contributed by atoms with Gasteiger partial charge in [0.25, 0.3) is 0 Å². The molecule has 3 nitrogen and oxygen atoms in total. The maximum atomic E-state index is 9.68. The summed E-state index contributed by atoms with van der Waals surface area (Å²) in [4.78, 5) is 0. The van der Waals surface area contributed by atoms with Gasteiger partial charge in [0.05, 0.1) is 13.2 Å². The van der Waals surface area contributed by atoms with Gasteiger partial charge in [0, 0.05) is 25.6 Å². The Bertz CT molecular complexity index is 333. The molecule has 0 heterocycles. The van der Waals surface area contributed by atoms with E-state index in [1.165, 1.54) is 0 Å². The molecular formula is C9H10Br2O3. The summed E-state index contributed by atoms with van der Waals surface area (Å²) in [6, 6.07) is 0. The molecule has 0 aliphatic rings. The van der Waals surface area contributed by atoms with Crippen LogP contribution in [0.3, 0.4) is 0 Å². The van der Waals surface area contributed by atoms with Gasteiger partial charge in [-0.15, -0.1) is 0 Å². The lowest BCUT2D eigenvalue weighted by Gasteiger charge is -2.14. The van der Waals surface area contributed by atoms with Gasteiger partial charge >= 0.3 is 0 Å². The smallest absolute Gasteiger partial charge is 0.126 e. The molecule has 0 saturated carbocycles. The number of hydrogen-bond donors (Lipinski definition) is 3. The average molecular weight is 326 g/mol. The Morgan fingerprint density at radius 2 is 1.50 bits per heavy atom. The van der Waals surface area contributed by atoms with Gasteiger partial charge in [-0.25, -0.2) is 0 Å². The number of hydrogen-bond acceptors (Lipinski definition) is 3. The van der Waals surface area contributed by atoms with Crippen LogP contribution in [0.25, 0.3) is 0 Å². The number of halogens is 2. The Morgan fingerprint density at radius 3 is 1.93 bits per heavy atom. The number of aromatic hydroxyl groups is 1. The molecule has 78 valence electrons. The van der Waals surface area contributed by atoms with Gasteiger partial charge < -0.3 is 15.3 Å². The number of benzene rings is 1. The average Bonchev–Trinajstić information content (AvgIpc) is 2.16. The van der Waals surface area contributed by atoms with Crippen LogP contribution in [0.1, 0.15) is 16.7 Å². The van der Waals surface area contributed by atoms with E-state index < -0.39 is 0 Å². The van der Waals surface area contributed by atoms with Gasteiger partial charge in [0.2, 0.25) is 0 Å². The van der Waals surface area contributed by atoms with Crippen LogP contribution in [0.4, 0.5) is 0 Å². The molecule has 1 aromatic carbocycles. The van der Waals surface area contributed by atoms with E-state index >= 15 is 0 Å². The van der Waals surface area contributed by atoms with Crippen molar-refractivity contribution in [2.24, 2.45) is 0 Å². The van der Waals surface area contributed by atoms with E-state index in [0.29, 0.717) is 25.6 Å². The summed E-state index contributed by atoms with van der Waals surface area (Å²) >= 11 is 6.50. The molecule has 1 aromatic rings. The summed E-state index contributed by atoms with van der Waals surface area (Å²) in [5, 5.41) is 27.8. The zero-order chi connectivity index (χ0) is 10.9. The third-order valence-corrected chi connectivity index (χ3v) is 4.11. The van der Waals surface area contributed by atoms with Gasteiger partial charge in [-0.05, 0) is 38.8 Å². The van der Waals surface area contributed by atoms with Crippen molar-refractivity contribution in [3.05, 3.63) is 25.6 Å². The van der Waals surface area contributed by atoms with Crippen molar-refractivity contribution in [3.63, 3.8) is 0 Å². The molecule has 0 spiro atoms. The molecule has 0 unspecified atom stereocenters. The Labute approximate surface area is 98.6 Å². The molecule has 3 N–H and O–H groups in total. The largest absolute Gasteiger partial charge is 0.507 e. The van der Waals surface area contributed by atoms with Crippen molar-refractivity contribution >= 4 is 31.9 Å². The van der Waals surface area contributed by atoms with E-state index in [1.54, 1.807) is 6.92 Å². The second-order valence-electron chi connectivity index (χ2n) is 2.87. The predicted octanol–water partition coefficient (Wildman–Crippen LogP) is 2.21. The molecule has 0 amide bonds. The topological polar surface area (TPSA) is 60.7 Å². The van der Waals surface area contributed by atoms with Crippen LogP contribution in [0.2, 0.25) is 0 Å². The van der Waals surface area contributed by atoms with Crippen molar-refractivity contribution < 1.29 is 15.3 Å². The van der Waals surface area contributed by atoms with E-state index in [-0.39, 0.29) is 19.0 Å². The molecule has 0 atom stereocenters. The van der Waals surface area contributed by atoms with E-state index in [1.807, 2.05) is 0 Å². The van der Waals surface area contributed by atoms with Gasteiger partial charge in [-0.2, -0.15) is 0 Å². The monoisotopic (exact) mass is 324 g/mol. The Morgan fingerprint density at radius 1 is 1.00 bits per heavy atom. The van der Waals surface area contributed by atoms with Gasteiger partial charge in [-0.1, -0.05) is 0 Å². The number of aliphatic hydroxyl groups excluding tert-OH is 2. The zero-order valence-corrected chi connectivity index (χ0v) is 10.7. The van der Waals surface area contributed by atoms with Crippen molar-refractivity contribution in [2.75, 3.05) is 0 Å². The quantitative estimate of drug-likeness (QED) is 0.781. The van der Waals surface area contributed by atoms with Crippen molar-refractivity contribution in [2.45, 2.75) is 20.1 Å². The maximum absolute atomic E-state index is 9.68. The van der Waals surface area contributed by atoms with Crippen molar-refractivity contribution in [3.8, 4) is 5.75 Å². The van der Waals surface area contributed by atoms with E-state index in [4.69, 9.17) is 10.2 Å².